The summed E-state index contributed by atoms with van der Waals surface area (Å²) in [5.41, 5.74) is 6.45. The van der Waals surface area contributed by atoms with Gasteiger partial charge in [-0.25, -0.2) is 0 Å². The number of rotatable bonds is 5. The summed E-state index contributed by atoms with van der Waals surface area (Å²) in [5, 5.41) is 2.50. The van der Waals surface area contributed by atoms with Crippen molar-refractivity contribution in [2.75, 3.05) is 6.61 Å². The minimum Gasteiger partial charge on any atom is -0.493 e. The second-order valence-corrected chi connectivity index (χ2v) is 4.42. The summed E-state index contributed by atoms with van der Waals surface area (Å²) >= 11 is 0. The minimum atomic E-state index is -1.19. The van der Waals surface area contributed by atoms with E-state index in [2.05, 4.69) is 10.3 Å². The van der Waals surface area contributed by atoms with Gasteiger partial charge in [-0.1, -0.05) is 25.1 Å². The fourth-order valence-corrected chi connectivity index (χ4v) is 1.88. The van der Waals surface area contributed by atoms with E-state index in [9.17, 15) is 9.59 Å². The molecule has 0 bridgehead atoms. The lowest BCUT2D eigenvalue weighted by atomic mass is 10.1. The van der Waals surface area contributed by atoms with Gasteiger partial charge in [-0.15, -0.1) is 0 Å². The number of para-hydroxylation sites is 1. The van der Waals surface area contributed by atoms with Crippen LogP contribution < -0.4 is 15.8 Å². The van der Waals surface area contributed by atoms with Crippen molar-refractivity contribution in [1.82, 2.24) is 5.32 Å². The summed E-state index contributed by atoms with van der Waals surface area (Å²) in [5.74, 6) is -0.0249. The van der Waals surface area contributed by atoms with Gasteiger partial charge in [-0.3, -0.25) is 9.59 Å². The summed E-state index contributed by atoms with van der Waals surface area (Å²) < 4.78 is 5.65. The first-order valence-corrected chi connectivity index (χ1v) is 6.50. The second kappa shape index (κ2) is 6.29. The van der Waals surface area contributed by atoms with Crippen LogP contribution in [0.25, 0.3) is 0 Å². The molecule has 6 heteroatoms. The molecule has 0 fully saturated rings. The van der Waals surface area contributed by atoms with Crippen molar-refractivity contribution < 1.29 is 14.3 Å². The maximum Gasteiger partial charge on any atom is 0.273 e. The van der Waals surface area contributed by atoms with Crippen LogP contribution in [-0.4, -0.2) is 30.3 Å². The van der Waals surface area contributed by atoms with Crippen LogP contribution in [0.2, 0.25) is 0 Å². The van der Waals surface area contributed by atoms with Gasteiger partial charge in [0.25, 0.3) is 11.8 Å². The molecule has 106 valence electrons. The zero-order valence-corrected chi connectivity index (χ0v) is 11.3. The van der Waals surface area contributed by atoms with E-state index in [0.29, 0.717) is 18.9 Å². The van der Waals surface area contributed by atoms with Gasteiger partial charge in [0.2, 0.25) is 0 Å². The molecule has 1 aromatic carbocycles. The molecule has 2 rings (SSSR count). The van der Waals surface area contributed by atoms with Crippen molar-refractivity contribution in [3.8, 4) is 5.75 Å². The molecular formula is C14H17N3O3. The molecule has 6 nitrogen and oxygen atoms in total. The number of nitrogens with one attached hydrogen (secondary N) is 1. The number of benzene rings is 1. The third-order valence-electron chi connectivity index (χ3n) is 3.01. The molecule has 0 aliphatic carbocycles. The number of amidine groups is 1. The van der Waals surface area contributed by atoms with E-state index in [1.165, 1.54) is 0 Å². The Morgan fingerprint density at radius 2 is 2.10 bits per heavy atom. The van der Waals surface area contributed by atoms with Crippen molar-refractivity contribution in [2.45, 2.75) is 25.8 Å². The molecule has 1 aromatic rings. The highest BCUT2D eigenvalue weighted by molar-refractivity contribution is 6.18. The highest BCUT2D eigenvalue weighted by atomic mass is 16.5. The van der Waals surface area contributed by atoms with Crippen LogP contribution in [-0.2, 0) is 16.0 Å². The van der Waals surface area contributed by atoms with Gasteiger partial charge in [0.1, 0.15) is 11.6 Å². The Labute approximate surface area is 117 Å². The number of aliphatic imine (C=N–C) groups is 1. The van der Waals surface area contributed by atoms with Crippen molar-refractivity contribution in [3.63, 3.8) is 0 Å². The first-order chi connectivity index (χ1) is 9.61. The molecule has 0 saturated carbocycles. The standard InChI is InChI=1S/C14H17N3O3/c1-2-9-5-3-4-6-10(9)20-8-7-11-16-13(18)12(15)14(19)17-11/h3-6,12H,2,7-8,15H2,1H3,(H,16,17,18,19). The molecular weight excluding hydrogens is 258 g/mol. The maximum atomic E-state index is 11.4. The fraction of sp³-hybridized carbons (Fsp3) is 0.357. The van der Waals surface area contributed by atoms with Crippen molar-refractivity contribution in [2.24, 2.45) is 10.7 Å². The van der Waals surface area contributed by atoms with Crippen LogP contribution in [0, 0.1) is 0 Å². The molecule has 1 atom stereocenters. The summed E-state index contributed by atoms with van der Waals surface area (Å²) in [7, 11) is 0. The average Bonchev–Trinajstić information content (AvgIpc) is 2.45. The van der Waals surface area contributed by atoms with E-state index >= 15 is 0 Å². The van der Waals surface area contributed by atoms with Crippen LogP contribution in [0.4, 0.5) is 0 Å². The second-order valence-electron chi connectivity index (χ2n) is 4.42. The zero-order valence-electron chi connectivity index (χ0n) is 11.3. The number of carbonyl (C=O) groups is 2. The van der Waals surface area contributed by atoms with Crippen LogP contribution in [0.3, 0.4) is 0 Å². The van der Waals surface area contributed by atoms with E-state index in [0.717, 1.165) is 17.7 Å². The lowest BCUT2D eigenvalue weighted by Crippen LogP contribution is -2.52. The quantitative estimate of drug-likeness (QED) is 0.761. The molecule has 3 N–H and O–H groups in total. The van der Waals surface area contributed by atoms with Crippen molar-refractivity contribution >= 4 is 17.6 Å². The van der Waals surface area contributed by atoms with Gasteiger partial charge in [0, 0.05) is 6.42 Å². The number of amides is 2. The summed E-state index contributed by atoms with van der Waals surface area (Å²) in [6.07, 6.45) is 1.23. The maximum absolute atomic E-state index is 11.4. The predicted octanol–water partition coefficient (Wildman–Crippen LogP) is 0.400. The normalized spacial score (nSPS) is 18.5. The highest BCUT2D eigenvalue weighted by Crippen LogP contribution is 2.18. The number of hydrogen-bond acceptors (Lipinski definition) is 4. The third-order valence-corrected chi connectivity index (χ3v) is 3.01. The molecule has 20 heavy (non-hydrogen) atoms. The number of nitrogens with two attached hydrogens (primary N) is 1. The Hall–Kier alpha value is -2.21. The van der Waals surface area contributed by atoms with Crippen LogP contribution in [0.1, 0.15) is 18.9 Å². The topological polar surface area (TPSA) is 93.8 Å². The molecule has 1 aliphatic heterocycles. The number of ether oxygens (including phenoxy) is 1. The van der Waals surface area contributed by atoms with E-state index in [1.54, 1.807) is 0 Å². The Kier molecular flexibility index (Phi) is 4.47. The molecule has 1 heterocycles. The van der Waals surface area contributed by atoms with Gasteiger partial charge < -0.3 is 15.8 Å². The lowest BCUT2D eigenvalue weighted by molar-refractivity contribution is -0.129. The summed E-state index contributed by atoms with van der Waals surface area (Å²) in [6, 6.07) is 6.55. The Morgan fingerprint density at radius 3 is 2.80 bits per heavy atom. The first-order valence-electron chi connectivity index (χ1n) is 6.50. The van der Waals surface area contributed by atoms with Gasteiger partial charge in [0.15, 0.2) is 6.04 Å². The number of aryl methyl sites for hydroxylation is 1. The van der Waals surface area contributed by atoms with E-state index in [-0.39, 0.29) is 0 Å². The summed E-state index contributed by atoms with van der Waals surface area (Å²) in [4.78, 5) is 26.4. The SMILES string of the molecule is CCc1ccccc1OCCC1=NC(=O)C(N)C(=O)N1. The fourth-order valence-electron chi connectivity index (χ4n) is 1.88. The Bertz CT molecular complexity index is 554. The Balaban J connectivity index is 1.92. The molecule has 0 saturated heterocycles. The van der Waals surface area contributed by atoms with Crippen LogP contribution >= 0.6 is 0 Å². The van der Waals surface area contributed by atoms with Crippen molar-refractivity contribution in [3.05, 3.63) is 29.8 Å². The third kappa shape index (κ3) is 3.21. The van der Waals surface area contributed by atoms with Crippen LogP contribution in [0.15, 0.2) is 29.3 Å². The zero-order chi connectivity index (χ0) is 14.5. The molecule has 0 aromatic heterocycles. The van der Waals surface area contributed by atoms with Crippen LogP contribution in [0.5, 0.6) is 5.75 Å². The van der Waals surface area contributed by atoms with E-state index in [1.807, 2.05) is 31.2 Å². The van der Waals surface area contributed by atoms with Gasteiger partial charge >= 0.3 is 0 Å². The largest absolute Gasteiger partial charge is 0.493 e. The smallest absolute Gasteiger partial charge is 0.273 e. The van der Waals surface area contributed by atoms with E-state index < -0.39 is 17.9 Å². The van der Waals surface area contributed by atoms with Crippen molar-refractivity contribution in [1.29, 1.82) is 0 Å². The minimum absolute atomic E-state index is 0.302. The predicted molar refractivity (Wildman–Crippen MR) is 74.5 cm³/mol. The monoisotopic (exact) mass is 275 g/mol. The molecule has 1 aliphatic rings. The molecule has 2 amide bonds. The summed E-state index contributed by atoms with van der Waals surface area (Å²) in [6.45, 7) is 2.38. The van der Waals surface area contributed by atoms with Gasteiger partial charge in [0.05, 0.1) is 6.61 Å². The first kappa shape index (κ1) is 14.2. The highest BCUT2D eigenvalue weighted by Gasteiger charge is 2.27. The number of nitrogens with zero attached hydrogens (tertiary/aromatic N) is 1. The van der Waals surface area contributed by atoms with Gasteiger partial charge in [-0.05, 0) is 18.1 Å². The average molecular weight is 275 g/mol. The Morgan fingerprint density at radius 1 is 1.35 bits per heavy atom. The molecule has 0 spiro atoms. The van der Waals surface area contributed by atoms with Gasteiger partial charge in [-0.2, -0.15) is 4.99 Å². The number of hydrogen-bond donors (Lipinski definition) is 2. The lowest BCUT2D eigenvalue weighted by Gasteiger charge is -2.17. The molecule has 0 radical (unpaired) electrons. The number of carbonyl (C=O) groups excluding carboxylic acids is 2. The molecule has 1 unspecified atom stereocenters. The van der Waals surface area contributed by atoms with E-state index in [4.69, 9.17) is 10.5 Å².